The van der Waals surface area contributed by atoms with E-state index in [1.165, 1.54) is 0 Å². The lowest BCUT2D eigenvalue weighted by atomic mass is 10.2. The van der Waals surface area contributed by atoms with Crippen molar-refractivity contribution in [2.45, 2.75) is 25.5 Å². The summed E-state index contributed by atoms with van der Waals surface area (Å²) in [7, 11) is -4.16. The summed E-state index contributed by atoms with van der Waals surface area (Å²) in [5.74, 6) is -2.84. The second kappa shape index (κ2) is 6.78. The van der Waals surface area contributed by atoms with Gasteiger partial charge in [-0.15, -0.1) is 0 Å². The summed E-state index contributed by atoms with van der Waals surface area (Å²) in [6.45, 7) is 4.26. The van der Waals surface area contributed by atoms with E-state index >= 15 is 0 Å². The van der Waals surface area contributed by atoms with Crippen molar-refractivity contribution in [3.8, 4) is 5.75 Å². The molecule has 0 radical (unpaired) electrons. The summed E-state index contributed by atoms with van der Waals surface area (Å²) in [6, 6.07) is 6.57. The molecule has 7 nitrogen and oxygen atoms in total. The zero-order chi connectivity index (χ0) is 17.0. The number of nitrogens with one attached hydrogen (secondary N) is 1. The highest BCUT2D eigenvalue weighted by atomic mass is 32.2. The molecular formula is C14H19NO6S. The van der Waals surface area contributed by atoms with Crippen LogP contribution in [0, 0.1) is 0 Å². The topological polar surface area (TPSA) is 110 Å². The number of hydrogen-bond acceptors (Lipinski definition) is 5. The van der Waals surface area contributed by atoms with Crippen molar-refractivity contribution in [3.05, 3.63) is 24.3 Å². The summed E-state index contributed by atoms with van der Waals surface area (Å²) < 4.78 is 27.3. The van der Waals surface area contributed by atoms with Crippen LogP contribution in [0.3, 0.4) is 0 Å². The molecule has 1 aromatic carbocycles. The number of hydrogen-bond donors (Lipinski definition) is 2. The van der Waals surface area contributed by atoms with Crippen LogP contribution in [0.25, 0.3) is 0 Å². The summed E-state index contributed by atoms with van der Waals surface area (Å²) in [6.07, 6.45) is 0. The average Bonchev–Trinajstić information content (AvgIpc) is 2.40. The lowest BCUT2D eigenvalue weighted by Gasteiger charge is -2.19. The van der Waals surface area contributed by atoms with Crippen LogP contribution in [0.4, 0.5) is 5.69 Å². The molecule has 0 aliphatic heterocycles. The minimum atomic E-state index is -4.16. The molecule has 1 amide bonds. The number of carbonyl (C=O) groups is 2. The van der Waals surface area contributed by atoms with Crippen LogP contribution in [-0.4, -0.2) is 42.5 Å². The summed E-state index contributed by atoms with van der Waals surface area (Å²) in [5.41, 5.74) is 0.331. The molecule has 0 saturated heterocycles. The number of amides is 1. The maximum atomic E-state index is 12.0. The molecule has 0 aliphatic rings. The smallest absolute Gasteiger partial charge is 0.324 e. The molecule has 1 rings (SSSR count). The first kappa shape index (κ1) is 18.0. The van der Waals surface area contributed by atoms with Gasteiger partial charge < -0.3 is 15.2 Å². The van der Waals surface area contributed by atoms with E-state index in [2.05, 4.69) is 5.32 Å². The molecular weight excluding hydrogens is 310 g/mol. The number of carbonyl (C=O) groups excluding carboxylic acids is 1. The predicted molar refractivity (Wildman–Crippen MR) is 81.7 cm³/mol. The molecule has 122 valence electrons. The minimum Gasteiger partial charge on any atom is -0.492 e. The predicted octanol–water partition coefficient (Wildman–Crippen LogP) is 1.30. The van der Waals surface area contributed by atoms with Gasteiger partial charge in [0.2, 0.25) is 5.91 Å². The Bertz CT molecular complexity index is 666. The van der Waals surface area contributed by atoms with Gasteiger partial charge in [0.25, 0.3) is 0 Å². The zero-order valence-electron chi connectivity index (χ0n) is 12.6. The van der Waals surface area contributed by atoms with Crippen LogP contribution in [0.1, 0.15) is 20.8 Å². The van der Waals surface area contributed by atoms with Gasteiger partial charge in [0.1, 0.15) is 11.5 Å². The number of benzene rings is 1. The Kier molecular flexibility index (Phi) is 5.54. The van der Waals surface area contributed by atoms with Crippen molar-refractivity contribution in [1.29, 1.82) is 0 Å². The number of carboxylic acids is 1. The highest BCUT2D eigenvalue weighted by Gasteiger charge is 2.42. The maximum absolute atomic E-state index is 12.0. The third kappa shape index (κ3) is 3.97. The van der Waals surface area contributed by atoms with Crippen LogP contribution in [-0.2, 0) is 19.4 Å². The fraction of sp³-hybridized carbons (Fsp3) is 0.429. The van der Waals surface area contributed by atoms with E-state index < -0.39 is 32.2 Å². The average molecular weight is 329 g/mol. The van der Waals surface area contributed by atoms with Crippen molar-refractivity contribution < 1.29 is 27.9 Å². The van der Waals surface area contributed by atoms with Gasteiger partial charge in [-0.05, 0) is 32.9 Å². The van der Waals surface area contributed by atoms with Gasteiger partial charge in [0, 0.05) is 0 Å². The van der Waals surface area contributed by atoms with E-state index in [4.69, 9.17) is 9.84 Å². The van der Waals surface area contributed by atoms with Crippen LogP contribution in [0.5, 0.6) is 5.75 Å². The Labute approximate surface area is 129 Å². The second-order valence-corrected chi connectivity index (χ2v) is 7.59. The highest BCUT2D eigenvalue weighted by molar-refractivity contribution is 7.94. The molecule has 0 spiro atoms. The van der Waals surface area contributed by atoms with E-state index in [1.54, 1.807) is 31.2 Å². The molecule has 0 saturated carbocycles. The second-order valence-electron chi connectivity index (χ2n) is 5.05. The quantitative estimate of drug-likeness (QED) is 0.780. The molecule has 0 unspecified atom stereocenters. The third-order valence-electron chi connectivity index (χ3n) is 3.07. The molecule has 0 bridgehead atoms. The van der Waals surface area contributed by atoms with Gasteiger partial charge in [0.05, 0.1) is 12.3 Å². The largest absolute Gasteiger partial charge is 0.492 e. The highest BCUT2D eigenvalue weighted by Crippen LogP contribution is 2.24. The third-order valence-corrected chi connectivity index (χ3v) is 5.45. The summed E-state index contributed by atoms with van der Waals surface area (Å²) >= 11 is 0. The SMILES string of the molecule is CCOc1ccccc1NC(=O)CS(=O)(=O)C(C)(C)C(=O)O. The van der Waals surface area contributed by atoms with E-state index in [1.807, 2.05) is 0 Å². The van der Waals surface area contributed by atoms with Gasteiger partial charge in [-0.25, -0.2) is 8.42 Å². The van der Waals surface area contributed by atoms with Crippen molar-refractivity contribution in [2.75, 3.05) is 17.7 Å². The Morgan fingerprint density at radius 2 is 1.86 bits per heavy atom. The molecule has 0 atom stereocenters. The van der Waals surface area contributed by atoms with Crippen LogP contribution >= 0.6 is 0 Å². The monoisotopic (exact) mass is 329 g/mol. The lowest BCUT2D eigenvalue weighted by molar-refractivity contribution is -0.139. The van der Waals surface area contributed by atoms with E-state index in [0.717, 1.165) is 13.8 Å². The fourth-order valence-corrected chi connectivity index (χ4v) is 2.57. The van der Waals surface area contributed by atoms with E-state index in [0.29, 0.717) is 18.0 Å². The number of para-hydroxylation sites is 2. The summed E-state index contributed by atoms with van der Waals surface area (Å²) in [5, 5.41) is 11.4. The molecule has 1 aromatic rings. The van der Waals surface area contributed by atoms with Crippen molar-refractivity contribution in [3.63, 3.8) is 0 Å². The number of anilines is 1. The van der Waals surface area contributed by atoms with Crippen molar-refractivity contribution in [2.24, 2.45) is 0 Å². The first-order valence-electron chi connectivity index (χ1n) is 6.59. The minimum absolute atomic E-state index is 0.331. The van der Waals surface area contributed by atoms with Crippen LogP contribution in [0.2, 0.25) is 0 Å². The molecule has 0 fully saturated rings. The van der Waals surface area contributed by atoms with Gasteiger partial charge in [0.15, 0.2) is 14.6 Å². The van der Waals surface area contributed by atoms with Gasteiger partial charge in [-0.2, -0.15) is 0 Å². The Morgan fingerprint density at radius 3 is 2.41 bits per heavy atom. The molecule has 2 N–H and O–H groups in total. The molecule has 22 heavy (non-hydrogen) atoms. The van der Waals surface area contributed by atoms with E-state index in [-0.39, 0.29) is 0 Å². The number of sulfone groups is 1. The number of aliphatic carboxylic acids is 1. The molecule has 0 aliphatic carbocycles. The number of rotatable bonds is 7. The van der Waals surface area contributed by atoms with Gasteiger partial charge >= 0.3 is 5.97 Å². The van der Waals surface area contributed by atoms with Crippen LogP contribution < -0.4 is 10.1 Å². The maximum Gasteiger partial charge on any atom is 0.324 e. The lowest BCUT2D eigenvalue weighted by Crippen LogP contribution is -2.44. The van der Waals surface area contributed by atoms with Crippen LogP contribution in [0.15, 0.2) is 24.3 Å². The molecule has 0 aromatic heterocycles. The Morgan fingerprint density at radius 1 is 1.27 bits per heavy atom. The molecule has 8 heteroatoms. The van der Waals surface area contributed by atoms with E-state index in [9.17, 15) is 18.0 Å². The number of ether oxygens (including phenoxy) is 1. The van der Waals surface area contributed by atoms with Crippen molar-refractivity contribution >= 4 is 27.4 Å². The van der Waals surface area contributed by atoms with Crippen molar-refractivity contribution in [1.82, 2.24) is 0 Å². The molecule has 0 heterocycles. The number of carboxylic acid groups (broad SMARTS) is 1. The first-order valence-corrected chi connectivity index (χ1v) is 8.24. The standard InChI is InChI=1S/C14H19NO6S/c1-4-21-11-8-6-5-7-10(11)15-12(16)9-22(19,20)14(2,3)13(17)18/h5-8H,4,9H2,1-3H3,(H,15,16)(H,17,18). The first-order chi connectivity index (χ1) is 10.1. The summed E-state index contributed by atoms with van der Waals surface area (Å²) in [4.78, 5) is 22.9. The normalized spacial score (nSPS) is 11.8. The zero-order valence-corrected chi connectivity index (χ0v) is 13.4. The fourth-order valence-electron chi connectivity index (χ4n) is 1.52. The van der Waals surface area contributed by atoms with Gasteiger partial charge in [-0.1, -0.05) is 12.1 Å². The Balaban J connectivity index is 2.90. The Hall–Kier alpha value is -2.09. The van der Waals surface area contributed by atoms with Gasteiger partial charge in [-0.3, -0.25) is 9.59 Å².